The monoisotopic (exact) mass is 455 g/mol. The first-order valence-electron chi connectivity index (χ1n) is 11.1. The first kappa shape index (κ1) is 22.5. The summed E-state index contributed by atoms with van der Waals surface area (Å²) >= 11 is 0. The van der Waals surface area contributed by atoms with Crippen LogP contribution in [0, 0.1) is 5.92 Å². The van der Waals surface area contributed by atoms with Crippen LogP contribution in [0.4, 0.5) is 0 Å². The second kappa shape index (κ2) is 9.83. The molecule has 4 rings (SSSR count). The van der Waals surface area contributed by atoms with Gasteiger partial charge in [0.05, 0.1) is 10.8 Å². The molecule has 170 valence electrons. The van der Waals surface area contributed by atoms with Crippen LogP contribution in [0.5, 0.6) is 0 Å². The van der Waals surface area contributed by atoms with Crippen molar-refractivity contribution < 1.29 is 18.0 Å². The minimum absolute atomic E-state index is 0.116. The second-order valence-electron chi connectivity index (χ2n) is 8.55. The van der Waals surface area contributed by atoms with Gasteiger partial charge in [-0.05, 0) is 43.4 Å². The van der Waals surface area contributed by atoms with E-state index in [9.17, 15) is 18.0 Å². The van der Waals surface area contributed by atoms with Crippen molar-refractivity contribution >= 4 is 21.8 Å². The molecule has 2 N–H and O–H groups in total. The van der Waals surface area contributed by atoms with Crippen LogP contribution in [-0.2, 0) is 26.0 Å². The number of carbonyl (C=O) groups excluding carboxylic acids is 2. The Labute approximate surface area is 189 Å². The summed E-state index contributed by atoms with van der Waals surface area (Å²) in [5, 5.41) is 5.88. The molecule has 2 aromatic carbocycles. The minimum atomic E-state index is -3.66. The smallest absolute Gasteiger partial charge is 0.243 e. The molecule has 2 aromatic rings. The highest BCUT2D eigenvalue weighted by Crippen LogP contribution is 2.24. The van der Waals surface area contributed by atoms with E-state index in [0.717, 1.165) is 18.4 Å². The Bertz CT molecular complexity index is 1040. The molecule has 1 unspecified atom stereocenters. The number of nitrogens with one attached hydrogen (secondary N) is 2. The zero-order chi connectivity index (χ0) is 22.6. The molecule has 1 saturated carbocycles. The molecule has 0 spiro atoms. The molecule has 0 radical (unpaired) electrons. The number of rotatable bonds is 8. The third-order valence-corrected chi connectivity index (χ3v) is 7.85. The summed E-state index contributed by atoms with van der Waals surface area (Å²) in [5.41, 5.74) is 0.959. The summed E-state index contributed by atoms with van der Waals surface area (Å²) in [7, 11) is -3.66. The molecule has 1 aliphatic heterocycles. The van der Waals surface area contributed by atoms with Crippen LogP contribution in [0.1, 0.15) is 31.2 Å². The van der Waals surface area contributed by atoms with E-state index in [4.69, 9.17) is 0 Å². The number of carbonyl (C=O) groups is 2. The summed E-state index contributed by atoms with van der Waals surface area (Å²) in [5.74, 6) is -0.951. The van der Waals surface area contributed by atoms with Gasteiger partial charge in [-0.2, -0.15) is 4.31 Å². The average Bonchev–Trinajstić information content (AvgIpc) is 3.64. The minimum Gasteiger partial charge on any atom is -0.352 e. The number of sulfonamides is 1. The van der Waals surface area contributed by atoms with Crippen LogP contribution in [0.3, 0.4) is 0 Å². The molecule has 1 heterocycles. The van der Waals surface area contributed by atoms with E-state index in [2.05, 4.69) is 10.6 Å². The van der Waals surface area contributed by atoms with Crippen LogP contribution in [0.2, 0.25) is 0 Å². The van der Waals surface area contributed by atoms with Gasteiger partial charge in [-0.3, -0.25) is 9.59 Å². The van der Waals surface area contributed by atoms with Crippen molar-refractivity contribution in [2.45, 2.75) is 49.1 Å². The third-order valence-electron chi connectivity index (χ3n) is 5.98. The molecule has 1 saturated heterocycles. The second-order valence-corrected chi connectivity index (χ2v) is 10.5. The lowest BCUT2D eigenvalue weighted by Gasteiger charge is -2.32. The SMILES string of the molecule is O=C(N[C@@H](Cc1ccccc1)C(=O)NC1CC1)C1CCCN(S(=O)(=O)c2ccccc2)C1. The molecule has 8 heteroatoms. The Kier molecular flexibility index (Phi) is 6.91. The van der Waals surface area contributed by atoms with E-state index in [1.54, 1.807) is 30.3 Å². The summed E-state index contributed by atoms with van der Waals surface area (Å²) in [6.07, 6.45) is 3.51. The van der Waals surface area contributed by atoms with Gasteiger partial charge < -0.3 is 10.6 Å². The fraction of sp³-hybridized carbons (Fsp3) is 0.417. The van der Waals surface area contributed by atoms with Gasteiger partial charge in [-0.25, -0.2) is 8.42 Å². The topological polar surface area (TPSA) is 95.6 Å². The number of piperidine rings is 1. The summed E-state index contributed by atoms with van der Waals surface area (Å²) in [4.78, 5) is 26.1. The fourth-order valence-electron chi connectivity index (χ4n) is 3.99. The molecular formula is C24H29N3O4S. The Morgan fingerprint density at radius 1 is 0.969 bits per heavy atom. The van der Waals surface area contributed by atoms with Crippen molar-refractivity contribution in [3.8, 4) is 0 Å². The van der Waals surface area contributed by atoms with Gasteiger partial charge in [0.25, 0.3) is 0 Å². The predicted molar refractivity (Wildman–Crippen MR) is 121 cm³/mol. The van der Waals surface area contributed by atoms with Gasteiger partial charge in [0, 0.05) is 25.6 Å². The third kappa shape index (κ3) is 5.55. The molecule has 2 fully saturated rings. The molecule has 0 aromatic heterocycles. The lowest BCUT2D eigenvalue weighted by molar-refractivity contribution is -0.131. The first-order valence-corrected chi connectivity index (χ1v) is 12.6. The van der Waals surface area contributed by atoms with Gasteiger partial charge >= 0.3 is 0 Å². The summed E-state index contributed by atoms with van der Waals surface area (Å²) in [6, 6.07) is 17.4. The van der Waals surface area contributed by atoms with Crippen molar-refractivity contribution in [2.24, 2.45) is 5.92 Å². The van der Waals surface area contributed by atoms with Gasteiger partial charge in [0.15, 0.2) is 0 Å². The van der Waals surface area contributed by atoms with Crippen LogP contribution < -0.4 is 10.6 Å². The Hall–Kier alpha value is -2.71. The van der Waals surface area contributed by atoms with Crippen molar-refractivity contribution in [3.05, 3.63) is 66.2 Å². The normalized spacial score (nSPS) is 20.3. The van der Waals surface area contributed by atoms with E-state index >= 15 is 0 Å². The average molecular weight is 456 g/mol. The fourth-order valence-corrected chi connectivity index (χ4v) is 5.54. The van der Waals surface area contributed by atoms with E-state index in [1.807, 2.05) is 30.3 Å². The van der Waals surface area contributed by atoms with Gasteiger partial charge in [0.2, 0.25) is 21.8 Å². The molecule has 32 heavy (non-hydrogen) atoms. The Morgan fingerprint density at radius 3 is 2.28 bits per heavy atom. The van der Waals surface area contributed by atoms with E-state index in [-0.39, 0.29) is 29.3 Å². The highest BCUT2D eigenvalue weighted by molar-refractivity contribution is 7.89. The Morgan fingerprint density at radius 2 is 1.62 bits per heavy atom. The van der Waals surface area contributed by atoms with Crippen LogP contribution >= 0.6 is 0 Å². The first-order chi connectivity index (χ1) is 15.4. The van der Waals surface area contributed by atoms with Crippen LogP contribution in [0.15, 0.2) is 65.6 Å². The van der Waals surface area contributed by atoms with Gasteiger partial charge in [-0.1, -0.05) is 48.5 Å². The van der Waals surface area contributed by atoms with E-state index < -0.39 is 22.0 Å². The van der Waals surface area contributed by atoms with Crippen molar-refractivity contribution in [3.63, 3.8) is 0 Å². The van der Waals surface area contributed by atoms with E-state index in [0.29, 0.717) is 25.8 Å². The van der Waals surface area contributed by atoms with Crippen molar-refractivity contribution in [1.29, 1.82) is 0 Å². The maximum absolute atomic E-state index is 13.1. The zero-order valence-electron chi connectivity index (χ0n) is 17.9. The number of amides is 2. The standard InChI is InChI=1S/C24H29N3O4S/c28-23(19-10-7-15-27(17-19)32(30,31)21-11-5-2-6-12-21)26-22(24(29)25-20-13-14-20)16-18-8-3-1-4-9-18/h1-6,8-9,11-12,19-20,22H,7,10,13-17H2,(H,25,29)(H,26,28)/t19?,22-/m0/s1. The maximum atomic E-state index is 13.1. The molecular weight excluding hydrogens is 426 g/mol. The zero-order valence-corrected chi connectivity index (χ0v) is 18.8. The van der Waals surface area contributed by atoms with E-state index in [1.165, 1.54) is 4.31 Å². The number of hydrogen-bond donors (Lipinski definition) is 2. The molecule has 1 aliphatic carbocycles. The number of hydrogen-bond acceptors (Lipinski definition) is 4. The largest absolute Gasteiger partial charge is 0.352 e. The summed E-state index contributed by atoms with van der Waals surface area (Å²) in [6.45, 7) is 0.502. The van der Waals surface area contributed by atoms with Gasteiger partial charge in [-0.15, -0.1) is 0 Å². The van der Waals surface area contributed by atoms with Crippen LogP contribution in [0.25, 0.3) is 0 Å². The Balaban J connectivity index is 1.44. The molecule has 7 nitrogen and oxygen atoms in total. The molecule has 2 amide bonds. The quantitative estimate of drug-likeness (QED) is 0.637. The maximum Gasteiger partial charge on any atom is 0.243 e. The highest BCUT2D eigenvalue weighted by Gasteiger charge is 2.35. The lowest BCUT2D eigenvalue weighted by Crippen LogP contribution is -2.52. The van der Waals surface area contributed by atoms with Crippen LogP contribution in [-0.4, -0.2) is 49.7 Å². The lowest BCUT2D eigenvalue weighted by atomic mass is 9.97. The van der Waals surface area contributed by atoms with Crippen molar-refractivity contribution in [2.75, 3.05) is 13.1 Å². The molecule has 2 aliphatic rings. The number of nitrogens with zero attached hydrogens (tertiary/aromatic N) is 1. The molecule has 2 atom stereocenters. The predicted octanol–water partition coefficient (Wildman–Crippen LogP) is 2.09. The molecule has 0 bridgehead atoms. The number of benzene rings is 2. The van der Waals surface area contributed by atoms with Crippen molar-refractivity contribution in [1.82, 2.24) is 14.9 Å². The summed E-state index contributed by atoms with van der Waals surface area (Å²) < 4.78 is 27.4. The van der Waals surface area contributed by atoms with Gasteiger partial charge in [0.1, 0.15) is 6.04 Å². The highest BCUT2D eigenvalue weighted by atomic mass is 32.2.